The number of nitrogens with zero attached hydrogens (tertiary/aromatic N) is 1. The first-order chi connectivity index (χ1) is 9.38. The summed E-state index contributed by atoms with van der Waals surface area (Å²) < 4.78 is 39.5. The molecule has 1 unspecified atom stereocenters. The van der Waals surface area contributed by atoms with Gasteiger partial charge in [0.2, 0.25) is 0 Å². The fourth-order valence-electron chi connectivity index (χ4n) is 2.63. The number of carboxylic acid groups (broad SMARTS) is 1. The summed E-state index contributed by atoms with van der Waals surface area (Å²) in [5.41, 5.74) is -0.782. The molecular formula is C14H16F3NO2. The molecule has 20 heavy (non-hydrogen) atoms. The lowest BCUT2D eigenvalue weighted by Gasteiger charge is -2.23. The molecule has 0 amide bonds. The molecular weight excluding hydrogens is 271 g/mol. The van der Waals surface area contributed by atoms with E-state index in [0.717, 1.165) is 6.07 Å². The average molecular weight is 287 g/mol. The van der Waals surface area contributed by atoms with Crippen molar-refractivity contribution in [3.8, 4) is 0 Å². The van der Waals surface area contributed by atoms with Crippen LogP contribution in [0.1, 0.15) is 25.3 Å². The van der Waals surface area contributed by atoms with E-state index in [2.05, 4.69) is 0 Å². The predicted molar refractivity (Wildman–Crippen MR) is 66.6 cm³/mol. The van der Waals surface area contributed by atoms with E-state index in [1.807, 2.05) is 0 Å². The van der Waals surface area contributed by atoms with E-state index in [4.69, 9.17) is 0 Å². The molecule has 0 spiro atoms. The van der Waals surface area contributed by atoms with Crippen LogP contribution in [0.15, 0.2) is 12.1 Å². The van der Waals surface area contributed by atoms with Crippen LogP contribution >= 0.6 is 0 Å². The van der Waals surface area contributed by atoms with Crippen LogP contribution in [0.3, 0.4) is 0 Å². The van der Waals surface area contributed by atoms with Crippen molar-refractivity contribution in [3.05, 3.63) is 35.1 Å². The predicted octanol–water partition coefficient (Wildman–Crippen LogP) is 2.79. The summed E-state index contributed by atoms with van der Waals surface area (Å²) in [6.45, 7) is 2.67. The lowest BCUT2D eigenvalue weighted by Crippen LogP contribution is -2.34. The summed E-state index contributed by atoms with van der Waals surface area (Å²) in [5, 5.41) is 9.27. The molecule has 0 aliphatic carbocycles. The standard InChI is InChI=1S/C14H16F3NO2/c1-2-14(13(19)20)3-4-18(8-14)7-9-5-11(16)12(17)6-10(9)15/h5-6H,2-4,7-8H2,1H3,(H,19,20). The largest absolute Gasteiger partial charge is 0.481 e. The SMILES string of the molecule is CCC1(C(=O)O)CCN(Cc2cc(F)c(F)cc2F)C1. The third-order valence-corrected chi connectivity index (χ3v) is 4.05. The Morgan fingerprint density at radius 3 is 2.50 bits per heavy atom. The third kappa shape index (κ3) is 2.65. The first-order valence-corrected chi connectivity index (χ1v) is 6.47. The second kappa shape index (κ2) is 5.44. The van der Waals surface area contributed by atoms with Gasteiger partial charge in [0.1, 0.15) is 5.82 Å². The molecule has 0 aromatic heterocycles. The minimum atomic E-state index is -1.22. The Morgan fingerprint density at radius 2 is 1.95 bits per heavy atom. The van der Waals surface area contributed by atoms with Crippen LogP contribution in [0.2, 0.25) is 0 Å². The maximum Gasteiger partial charge on any atom is 0.310 e. The molecule has 1 aromatic carbocycles. The lowest BCUT2D eigenvalue weighted by atomic mass is 9.84. The number of halogens is 3. The summed E-state index contributed by atoms with van der Waals surface area (Å²) in [7, 11) is 0. The number of carboxylic acids is 1. The Kier molecular flexibility index (Phi) is 4.04. The normalized spacial score (nSPS) is 23.2. The van der Waals surface area contributed by atoms with Gasteiger partial charge < -0.3 is 5.11 Å². The van der Waals surface area contributed by atoms with Gasteiger partial charge in [0.05, 0.1) is 5.41 Å². The number of hydrogen-bond acceptors (Lipinski definition) is 2. The molecule has 0 saturated carbocycles. The van der Waals surface area contributed by atoms with Gasteiger partial charge in [-0.05, 0) is 25.5 Å². The van der Waals surface area contributed by atoms with E-state index in [1.54, 1.807) is 11.8 Å². The maximum absolute atomic E-state index is 13.6. The van der Waals surface area contributed by atoms with Crippen molar-refractivity contribution >= 4 is 5.97 Å². The molecule has 1 heterocycles. The Labute approximate surface area is 115 Å². The van der Waals surface area contributed by atoms with E-state index in [9.17, 15) is 23.1 Å². The number of benzene rings is 1. The summed E-state index contributed by atoms with van der Waals surface area (Å²) in [6, 6.07) is 1.35. The van der Waals surface area contributed by atoms with E-state index in [0.29, 0.717) is 25.5 Å². The molecule has 110 valence electrons. The van der Waals surface area contributed by atoms with Crippen molar-refractivity contribution in [3.63, 3.8) is 0 Å². The molecule has 2 rings (SSSR count). The summed E-state index contributed by atoms with van der Waals surface area (Å²) in [5.74, 6) is -4.00. The van der Waals surface area contributed by atoms with Crippen LogP contribution in [0, 0.1) is 22.9 Å². The molecule has 6 heteroatoms. The van der Waals surface area contributed by atoms with Gasteiger partial charge in [-0.15, -0.1) is 0 Å². The molecule has 3 nitrogen and oxygen atoms in total. The molecule has 1 aliphatic rings. The monoisotopic (exact) mass is 287 g/mol. The van der Waals surface area contributed by atoms with Gasteiger partial charge in [-0.3, -0.25) is 9.69 Å². The number of likely N-dealkylation sites (tertiary alicyclic amines) is 1. The van der Waals surface area contributed by atoms with Gasteiger partial charge in [0.25, 0.3) is 0 Å². The van der Waals surface area contributed by atoms with Crippen molar-refractivity contribution < 1.29 is 23.1 Å². The highest BCUT2D eigenvalue weighted by Crippen LogP contribution is 2.35. The molecule has 1 aromatic rings. The number of aliphatic carboxylic acids is 1. The van der Waals surface area contributed by atoms with Crippen LogP contribution in [0.5, 0.6) is 0 Å². The fourth-order valence-corrected chi connectivity index (χ4v) is 2.63. The lowest BCUT2D eigenvalue weighted by molar-refractivity contribution is -0.148. The van der Waals surface area contributed by atoms with Crippen molar-refractivity contribution in [2.45, 2.75) is 26.3 Å². The van der Waals surface area contributed by atoms with Gasteiger partial charge in [-0.1, -0.05) is 6.92 Å². The first kappa shape index (κ1) is 14.8. The quantitative estimate of drug-likeness (QED) is 0.866. The van der Waals surface area contributed by atoms with Gasteiger partial charge in [-0.25, -0.2) is 13.2 Å². The van der Waals surface area contributed by atoms with Gasteiger partial charge >= 0.3 is 5.97 Å². The van der Waals surface area contributed by atoms with Crippen molar-refractivity contribution in [2.24, 2.45) is 5.41 Å². The minimum Gasteiger partial charge on any atom is -0.481 e. The molecule has 0 bridgehead atoms. The van der Waals surface area contributed by atoms with Crippen LogP contribution in [0.4, 0.5) is 13.2 Å². The summed E-state index contributed by atoms with van der Waals surface area (Å²) in [4.78, 5) is 13.1. The van der Waals surface area contributed by atoms with Crippen LogP contribution in [0.25, 0.3) is 0 Å². The molecule has 1 aliphatic heterocycles. The maximum atomic E-state index is 13.6. The van der Waals surface area contributed by atoms with E-state index >= 15 is 0 Å². The zero-order valence-corrected chi connectivity index (χ0v) is 11.1. The molecule has 1 fully saturated rings. The van der Waals surface area contributed by atoms with Crippen molar-refractivity contribution in [1.82, 2.24) is 4.90 Å². The van der Waals surface area contributed by atoms with Crippen LogP contribution in [-0.4, -0.2) is 29.1 Å². The number of hydrogen-bond donors (Lipinski definition) is 1. The van der Waals surface area contributed by atoms with Gasteiger partial charge in [-0.2, -0.15) is 0 Å². The fraction of sp³-hybridized carbons (Fsp3) is 0.500. The molecule has 1 atom stereocenters. The number of carbonyl (C=O) groups is 1. The Hall–Kier alpha value is -1.56. The minimum absolute atomic E-state index is 0.0428. The second-order valence-electron chi connectivity index (χ2n) is 5.26. The average Bonchev–Trinajstić information content (AvgIpc) is 2.81. The second-order valence-corrected chi connectivity index (χ2v) is 5.26. The zero-order valence-electron chi connectivity index (χ0n) is 11.1. The van der Waals surface area contributed by atoms with Gasteiger partial charge in [0.15, 0.2) is 11.6 Å². The summed E-state index contributed by atoms with van der Waals surface area (Å²) >= 11 is 0. The van der Waals surface area contributed by atoms with E-state index < -0.39 is 28.8 Å². The smallest absolute Gasteiger partial charge is 0.310 e. The molecule has 0 radical (unpaired) electrons. The molecule has 1 N–H and O–H groups in total. The molecule has 1 saturated heterocycles. The highest BCUT2D eigenvalue weighted by Gasteiger charge is 2.43. The zero-order chi connectivity index (χ0) is 14.9. The number of rotatable bonds is 4. The Morgan fingerprint density at radius 1 is 1.30 bits per heavy atom. The third-order valence-electron chi connectivity index (χ3n) is 4.05. The van der Waals surface area contributed by atoms with Crippen molar-refractivity contribution in [2.75, 3.05) is 13.1 Å². The van der Waals surface area contributed by atoms with Crippen LogP contribution in [-0.2, 0) is 11.3 Å². The van der Waals surface area contributed by atoms with Crippen molar-refractivity contribution in [1.29, 1.82) is 0 Å². The summed E-state index contributed by atoms with van der Waals surface area (Å²) in [6.07, 6.45) is 0.962. The topological polar surface area (TPSA) is 40.5 Å². The Bertz CT molecular complexity index is 535. The van der Waals surface area contributed by atoms with E-state index in [-0.39, 0.29) is 18.7 Å². The highest BCUT2D eigenvalue weighted by molar-refractivity contribution is 5.75. The highest BCUT2D eigenvalue weighted by atomic mass is 19.2. The van der Waals surface area contributed by atoms with Gasteiger partial charge in [0, 0.05) is 24.7 Å². The van der Waals surface area contributed by atoms with E-state index in [1.165, 1.54) is 0 Å². The Balaban J connectivity index is 2.13. The van der Waals surface area contributed by atoms with Crippen LogP contribution < -0.4 is 0 Å². The first-order valence-electron chi connectivity index (χ1n) is 6.47.